The smallest absolute Gasteiger partial charge is 0.490 e. The van der Waals surface area contributed by atoms with Crippen molar-refractivity contribution in [3.63, 3.8) is 0 Å². The molecule has 0 N–H and O–H groups in total. The molecule has 0 saturated carbocycles. The average Bonchev–Trinajstić information content (AvgIpc) is 2.81. The molecule has 0 amide bonds. The molecular weight excluding hydrogens is 243 g/mol. The van der Waals surface area contributed by atoms with Crippen LogP contribution in [-0.2, 0) is 6.54 Å². The number of nitro groups is 1. The first kappa shape index (κ1) is 12.0. The van der Waals surface area contributed by atoms with Crippen molar-refractivity contribution in [3.8, 4) is 5.75 Å². The van der Waals surface area contributed by atoms with Gasteiger partial charge in [0.2, 0.25) is 6.33 Å². The van der Waals surface area contributed by atoms with Gasteiger partial charge in [0, 0.05) is 5.10 Å². The van der Waals surface area contributed by atoms with Crippen LogP contribution < -0.4 is 4.74 Å². The van der Waals surface area contributed by atoms with Crippen molar-refractivity contribution in [1.82, 2.24) is 14.8 Å². The molecule has 1 heterocycles. The lowest BCUT2D eigenvalue weighted by molar-refractivity contribution is -0.394. The van der Waals surface area contributed by atoms with Gasteiger partial charge in [-0.3, -0.25) is 0 Å². The van der Waals surface area contributed by atoms with Gasteiger partial charge in [0.05, 0.1) is 6.54 Å². The maximum Gasteiger partial charge on any atom is 0.490 e. The summed E-state index contributed by atoms with van der Waals surface area (Å²) < 4.78 is 19.2. The summed E-state index contributed by atoms with van der Waals surface area (Å²) in [5, 5.41) is 14.0. The zero-order valence-electron chi connectivity index (χ0n) is 9.19. The molecule has 0 fully saturated rings. The van der Waals surface area contributed by atoms with Gasteiger partial charge in [-0.05, 0) is 29.2 Å². The van der Waals surface area contributed by atoms with E-state index in [4.69, 9.17) is 4.74 Å². The summed E-state index contributed by atoms with van der Waals surface area (Å²) in [5.74, 6) is -0.267. The molecule has 18 heavy (non-hydrogen) atoms. The lowest BCUT2D eigenvalue weighted by atomic mass is 10.3. The molecule has 0 bridgehead atoms. The third-order valence-electron chi connectivity index (χ3n) is 2.09. The summed E-state index contributed by atoms with van der Waals surface area (Å²) in [6.07, 6.45) is 1.26. The Balaban J connectivity index is 1.84. The monoisotopic (exact) mass is 252 g/mol. The number of nitrogens with zero attached hydrogens (tertiary/aromatic N) is 4. The number of rotatable bonds is 5. The van der Waals surface area contributed by atoms with Crippen LogP contribution >= 0.6 is 0 Å². The summed E-state index contributed by atoms with van der Waals surface area (Å²) in [7, 11) is 0. The van der Waals surface area contributed by atoms with Crippen molar-refractivity contribution in [1.29, 1.82) is 0 Å². The molecule has 0 aliphatic heterocycles. The summed E-state index contributed by atoms with van der Waals surface area (Å²) in [6.45, 7) is 0.574. The molecule has 94 valence electrons. The van der Waals surface area contributed by atoms with Crippen molar-refractivity contribution in [2.75, 3.05) is 6.61 Å². The normalized spacial score (nSPS) is 10.3. The van der Waals surface area contributed by atoms with E-state index >= 15 is 0 Å². The fourth-order valence-corrected chi connectivity index (χ4v) is 1.26. The molecule has 1 aromatic carbocycles. The largest absolute Gasteiger partial charge is 0.492 e. The SMILES string of the molecule is O=[N+]([O-])c1ncn(CCOc2ccc(F)cc2)n1. The Labute approximate surface area is 101 Å². The number of halogens is 1. The van der Waals surface area contributed by atoms with E-state index in [9.17, 15) is 14.5 Å². The number of hydrogen-bond acceptors (Lipinski definition) is 5. The van der Waals surface area contributed by atoms with Crippen molar-refractivity contribution < 1.29 is 14.1 Å². The maximum absolute atomic E-state index is 12.6. The Morgan fingerprint density at radius 1 is 1.39 bits per heavy atom. The second kappa shape index (κ2) is 5.21. The third-order valence-corrected chi connectivity index (χ3v) is 2.09. The fourth-order valence-electron chi connectivity index (χ4n) is 1.26. The standard InChI is InChI=1S/C10H9FN4O3/c11-8-1-3-9(4-2-8)18-6-5-14-7-12-10(13-14)15(16)17/h1-4,7H,5-6H2. The zero-order valence-corrected chi connectivity index (χ0v) is 9.19. The zero-order chi connectivity index (χ0) is 13.0. The summed E-state index contributed by atoms with van der Waals surface area (Å²) in [5.41, 5.74) is 0. The van der Waals surface area contributed by atoms with E-state index in [0.717, 1.165) is 0 Å². The number of benzene rings is 1. The Kier molecular flexibility index (Phi) is 3.46. The van der Waals surface area contributed by atoms with Gasteiger partial charge in [-0.1, -0.05) is 4.98 Å². The van der Waals surface area contributed by atoms with Crippen LogP contribution in [0.3, 0.4) is 0 Å². The molecule has 2 rings (SSSR count). The molecule has 0 spiro atoms. The first-order valence-electron chi connectivity index (χ1n) is 5.07. The van der Waals surface area contributed by atoms with Gasteiger partial charge < -0.3 is 14.9 Å². The predicted molar refractivity (Wildman–Crippen MR) is 58.6 cm³/mol. The van der Waals surface area contributed by atoms with Gasteiger partial charge in [0.15, 0.2) is 0 Å². The summed E-state index contributed by atoms with van der Waals surface area (Å²) in [6, 6.07) is 5.57. The van der Waals surface area contributed by atoms with Crippen LogP contribution in [0.1, 0.15) is 0 Å². The number of aromatic nitrogens is 3. The second-order valence-corrected chi connectivity index (χ2v) is 3.37. The highest BCUT2D eigenvalue weighted by molar-refractivity contribution is 5.21. The maximum atomic E-state index is 12.6. The molecule has 0 aliphatic rings. The molecule has 2 aromatic rings. The van der Waals surface area contributed by atoms with E-state index < -0.39 is 10.9 Å². The Bertz CT molecular complexity index is 540. The van der Waals surface area contributed by atoms with Gasteiger partial charge in [-0.2, -0.15) is 4.68 Å². The first-order chi connectivity index (χ1) is 8.65. The van der Waals surface area contributed by atoms with Crippen LogP contribution in [0.5, 0.6) is 5.75 Å². The molecule has 0 radical (unpaired) electrons. The molecule has 8 heteroatoms. The van der Waals surface area contributed by atoms with Gasteiger partial charge in [-0.25, -0.2) is 4.39 Å². The van der Waals surface area contributed by atoms with E-state index in [-0.39, 0.29) is 12.4 Å². The van der Waals surface area contributed by atoms with Crippen molar-refractivity contribution in [3.05, 3.63) is 46.5 Å². The van der Waals surface area contributed by atoms with E-state index in [0.29, 0.717) is 12.3 Å². The van der Waals surface area contributed by atoms with Gasteiger partial charge in [-0.15, -0.1) is 0 Å². The molecule has 0 atom stereocenters. The van der Waals surface area contributed by atoms with Crippen LogP contribution in [0.4, 0.5) is 10.3 Å². The van der Waals surface area contributed by atoms with E-state index in [2.05, 4.69) is 10.1 Å². The van der Waals surface area contributed by atoms with Crippen LogP contribution in [-0.4, -0.2) is 26.3 Å². The van der Waals surface area contributed by atoms with E-state index in [1.165, 1.54) is 35.3 Å². The predicted octanol–water partition coefficient (Wildman–Crippen LogP) is 1.40. The molecule has 7 nitrogen and oxygen atoms in total. The van der Waals surface area contributed by atoms with Crippen LogP contribution in [0.25, 0.3) is 0 Å². The lowest BCUT2D eigenvalue weighted by Gasteiger charge is -2.03. The average molecular weight is 252 g/mol. The Morgan fingerprint density at radius 2 is 2.11 bits per heavy atom. The van der Waals surface area contributed by atoms with Crippen molar-refractivity contribution in [2.45, 2.75) is 6.54 Å². The van der Waals surface area contributed by atoms with Crippen molar-refractivity contribution in [2.24, 2.45) is 0 Å². The fraction of sp³-hybridized carbons (Fsp3) is 0.200. The first-order valence-corrected chi connectivity index (χ1v) is 5.07. The minimum absolute atomic E-state index is 0.256. The summed E-state index contributed by atoms with van der Waals surface area (Å²) >= 11 is 0. The molecule has 0 unspecified atom stereocenters. The minimum atomic E-state index is -0.669. The molecular formula is C10H9FN4O3. The van der Waals surface area contributed by atoms with Gasteiger partial charge in [0.25, 0.3) is 0 Å². The topological polar surface area (TPSA) is 83.1 Å². The van der Waals surface area contributed by atoms with Crippen LogP contribution in [0.15, 0.2) is 30.6 Å². The van der Waals surface area contributed by atoms with Crippen LogP contribution in [0, 0.1) is 15.9 Å². The minimum Gasteiger partial charge on any atom is -0.492 e. The van der Waals surface area contributed by atoms with Gasteiger partial charge in [0.1, 0.15) is 18.2 Å². The highest BCUT2D eigenvalue weighted by atomic mass is 19.1. The van der Waals surface area contributed by atoms with Crippen molar-refractivity contribution >= 4 is 5.95 Å². The highest BCUT2D eigenvalue weighted by Gasteiger charge is 2.12. The van der Waals surface area contributed by atoms with E-state index in [1.807, 2.05) is 0 Å². The molecule has 0 aliphatic carbocycles. The van der Waals surface area contributed by atoms with E-state index in [1.54, 1.807) is 0 Å². The Morgan fingerprint density at radius 3 is 2.72 bits per heavy atom. The molecule has 0 saturated heterocycles. The molecule has 1 aromatic heterocycles. The number of hydrogen-bond donors (Lipinski definition) is 0. The Hall–Kier alpha value is -2.51. The highest BCUT2D eigenvalue weighted by Crippen LogP contribution is 2.10. The lowest BCUT2D eigenvalue weighted by Crippen LogP contribution is -2.08. The quantitative estimate of drug-likeness (QED) is 0.593. The second-order valence-electron chi connectivity index (χ2n) is 3.37. The number of ether oxygens (including phenoxy) is 1. The summed E-state index contributed by atoms with van der Waals surface area (Å²) in [4.78, 5) is 13.2. The van der Waals surface area contributed by atoms with Crippen LogP contribution in [0.2, 0.25) is 0 Å². The third kappa shape index (κ3) is 3.00. The van der Waals surface area contributed by atoms with Gasteiger partial charge >= 0.3 is 5.95 Å².